The minimum absolute atomic E-state index is 0.00831. The summed E-state index contributed by atoms with van der Waals surface area (Å²) in [6.45, 7) is 4.36. The Hall–Kier alpha value is -3.72. The lowest BCUT2D eigenvalue weighted by molar-refractivity contribution is -0.138. The minimum atomic E-state index is -0.759. The first-order valence-corrected chi connectivity index (χ1v) is 14.2. The highest BCUT2D eigenvalue weighted by Gasteiger charge is 2.52. The SMILES string of the molecule is CC(C)CC(NC(=O)c1ccc(N(C)C)cc1)C(=O)N1CCC2C1C(=O)CN2C(=O)c1cc2ccccc2s1. The molecule has 1 N–H and O–H groups in total. The minimum Gasteiger partial charge on any atom is -0.378 e. The molecule has 0 spiro atoms. The zero-order valence-corrected chi connectivity index (χ0v) is 23.5. The van der Waals surface area contributed by atoms with E-state index < -0.39 is 12.1 Å². The second-order valence-electron chi connectivity index (χ2n) is 11.0. The quantitative estimate of drug-likeness (QED) is 0.487. The average molecular weight is 547 g/mol. The van der Waals surface area contributed by atoms with Crippen LogP contribution < -0.4 is 10.2 Å². The predicted octanol–water partition coefficient (Wildman–Crippen LogP) is 3.81. The van der Waals surface area contributed by atoms with Crippen LogP contribution in [0.4, 0.5) is 5.69 Å². The molecule has 9 heteroatoms. The summed E-state index contributed by atoms with van der Waals surface area (Å²) < 4.78 is 1.02. The van der Waals surface area contributed by atoms with Gasteiger partial charge in [0.25, 0.3) is 11.8 Å². The highest BCUT2D eigenvalue weighted by Crippen LogP contribution is 2.34. The molecule has 2 aromatic carbocycles. The molecule has 2 aliphatic heterocycles. The number of thiophene rings is 1. The van der Waals surface area contributed by atoms with Gasteiger partial charge in [-0.1, -0.05) is 32.0 Å². The van der Waals surface area contributed by atoms with Crippen molar-refractivity contribution in [1.82, 2.24) is 15.1 Å². The third kappa shape index (κ3) is 5.28. The van der Waals surface area contributed by atoms with Crippen LogP contribution in [0.15, 0.2) is 54.6 Å². The lowest BCUT2D eigenvalue weighted by Gasteiger charge is -2.29. The maximum atomic E-state index is 13.8. The third-order valence-corrected chi connectivity index (χ3v) is 8.66. The number of benzene rings is 2. The number of likely N-dealkylation sites (tertiary alicyclic amines) is 2. The van der Waals surface area contributed by atoms with Crippen LogP contribution in [0, 0.1) is 5.92 Å². The first kappa shape index (κ1) is 26.9. The first-order valence-electron chi connectivity index (χ1n) is 13.3. The van der Waals surface area contributed by atoms with Crippen molar-refractivity contribution in [2.45, 2.75) is 44.8 Å². The van der Waals surface area contributed by atoms with Gasteiger partial charge in [0.1, 0.15) is 12.1 Å². The van der Waals surface area contributed by atoms with Crippen LogP contribution in [0.3, 0.4) is 0 Å². The number of fused-ring (bicyclic) bond motifs is 2. The van der Waals surface area contributed by atoms with E-state index in [1.807, 2.05) is 75.3 Å². The molecule has 5 rings (SSSR count). The number of hydrogen-bond acceptors (Lipinski definition) is 6. The van der Waals surface area contributed by atoms with Crippen LogP contribution in [0.1, 0.15) is 46.7 Å². The summed E-state index contributed by atoms with van der Waals surface area (Å²) >= 11 is 1.42. The highest BCUT2D eigenvalue weighted by molar-refractivity contribution is 7.20. The number of ketones is 1. The van der Waals surface area contributed by atoms with Gasteiger partial charge in [-0.05, 0) is 60.5 Å². The van der Waals surface area contributed by atoms with Gasteiger partial charge in [-0.3, -0.25) is 19.2 Å². The van der Waals surface area contributed by atoms with Crippen molar-refractivity contribution in [1.29, 1.82) is 0 Å². The molecule has 2 aliphatic rings. The van der Waals surface area contributed by atoms with E-state index in [0.29, 0.717) is 29.8 Å². The fourth-order valence-electron chi connectivity index (χ4n) is 5.61. The monoisotopic (exact) mass is 546 g/mol. The molecule has 3 heterocycles. The molecule has 3 atom stereocenters. The van der Waals surface area contributed by atoms with Crippen molar-refractivity contribution in [3.8, 4) is 0 Å². The normalized spacial score (nSPS) is 19.5. The van der Waals surface area contributed by atoms with Gasteiger partial charge in [0.2, 0.25) is 5.91 Å². The maximum Gasteiger partial charge on any atom is 0.264 e. The number of anilines is 1. The number of rotatable bonds is 7. The standard InChI is InChI=1S/C30H34N4O4S/c1-18(2)15-22(31-28(36)19-9-11-21(12-10-19)32(3)4)29(37)33-14-13-23-27(33)24(35)17-34(23)30(38)26-16-20-7-5-6-8-25(20)39-26/h5-12,16,18,22-23,27H,13-15,17H2,1-4H3,(H,31,36). The van der Waals surface area contributed by atoms with Crippen LogP contribution in [-0.2, 0) is 9.59 Å². The Balaban J connectivity index is 1.32. The van der Waals surface area contributed by atoms with Crippen LogP contribution in [0.25, 0.3) is 10.1 Å². The molecule has 0 saturated carbocycles. The number of carbonyl (C=O) groups is 4. The summed E-state index contributed by atoms with van der Waals surface area (Å²) in [6.07, 6.45) is 0.986. The number of carbonyl (C=O) groups excluding carboxylic acids is 4. The van der Waals surface area contributed by atoms with Gasteiger partial charge < -0.3 is 20.0 Å². The molecule has 2 fully saturated rings. The van der Waals surface area contributed by atoms with Crippen molar-refractivity contribution in [3.63, 3.8) is 0 Å². The van der Waals surface area contributed by atoms with Gasteiger partial charge in [-0.15, -0.1) is 11.3 Å². The molecule has 0 aliphatic carbocycles. The van der Waals surface area contributed by atoms with E-state index in [2.05, 4.69) is 5.32 Å². The molecule has 3 unspecified atom stereocenters. The Morgan fingerprint density at radius 3 is 2.44 bits per heavy atom. The molecule has 1 aromatic heterocycles. The fourth-order valence-corrected chi connectivity index (χ4v) is 6.63. The molecular formula is C30H34N4O4S. The van der Waals surface area contributed by atoms with Crippen LogP contribution in [0.2, 0.25) is 0 Å². The van der Waals surface area contributed by atoms with E-state index in [0.717, 1.165) is 15.8 Å². The second-order valence-corrected chi connectivity index (χ2v) is 12.1. The number of amides is 3. The van der Waals surface area contributed by atoms with E-state index in [9.17, 15) is 19.2 Å². The van der Waals surface area contributed by atoms with Crippen molar-refractivity contribution >= 4 is 50.6 Å². The van der Waals surface area contributed by atoms with Gasteiger partial charge in [0.05, 0.1) is 17.5 Å². The molecule has 3 amide bonds. The summed E-state index contributed by atoms with van der Waals surface area (Å²) in [7, 11) is 3.86. The van der Waals surface area contributed by atoms with E-state index in [4.69, 9.17) is 0 Å². The molecule has 2 saturated heterocycles. The van der Waals surface area contributed by atoms with E-state index in [-0.39, 0.29) is 42.0 Å². The Labute approximate surface area is 232 Å². The van der Waals surface area contributed by atoms with E-state index in [1.54, 1.807) is 21.9 Å². The summed E-state index contributed by atoms with van der Waals surface area (Å²) in [5, 5.41) is 3.93. The van der Waals surface area contributed by atoms with Crippen LogP contribution in [-0.4, -0.2) is 78.6 Å². The Kier molecular flexibility index (Phi) is 7.44. The molecule has 0 radical (unpaired) electrons. The predicted molar refractivity (Wildman–Crippen MR) is 153 cm³/mol. The summed E-state index contributed by atoms with van der Waals surface area (Å²) in [4.78, 5) is 59.3. The van der Waals surface area contributed by atoms with Crippen molar-refractivity contribution in [2.75, 3.05) is 32.1 Å². The number of nitrogens with zero attached hydrogens (tertiary/aromatic N) is 3. The topological polar surface area (TPSA) is 90.0 Å². The number of hydrogen-bond donors (Lipinski definition) is 1. The van der Waals surface area contributed by atoms with E-state index in [1.165, 1.54) is 11.3 Å². The lowest BCUT2D eigenvalue weighted by Crippen LogP contribution is -2.53. The Bertz CT molecular complexity index is 1380. The Morgan fingerprint density at radius 2 is 1.77 bits per heavy atom. The fraction of sp³-hybridized carbons (Fsp3) is 0.400. The third-order valence-electron chi connectivity index (χ3n) is 7.56. The number of nitrogens with one attached hydrogen (secondary N) is 1. The molecule has 204 valence electrons. The molecule has 0 bridgehead atoms. The van der Waals surface area contributed by atoms with Gasteiger partial charge in [-0.2, -0.15) is 0 Å². The van der Waals surface area contributed by atoms with Gasteiger partial charge in [0, 0.05) is 36.6 Å². The zero-order chi connectivity index (χ0) is 27.8. The van der Waals surface area contributed by atoms with Crippen molar-refractivity contribution < 1.29 is 19.2 Å². The van der Waals surface area contributed by atoms with Gasteiger partial charge in [-0.25, -0.2) is 0 Å². The van der Waals surface area contributed by atoms with Crippen molar-refractivity contribution in [2.24, 2.45) is 5.92 Å². The molecule has 8 nitrogen and oxygen atoms in total. The largest absolute Gasteiger partial charge is 0.378 e. The Morgan fingerprint density at radius 1 is 1.05 bits per heavy atom. The number of Topliss-reactive ketones (excluding diaryl/α,β-unsaturated/α-hetero) is 1. The molecule has 3 aromatic rings. The smallest absolute Gasteiger partial charge is 0.264 e. The highest BCUT2D eigenvalue weighted by atomic mass is 32.1. The average Bonchev–Trinajstić information content (AvgIpc) is 3.62. The first-order chi connectivity index (χ1) is 18.6. The van der Waals surface area contributed by atoms with Crippen LogP contribution >= 0.6 is 11.3 Å². The van der Waals surface area contributed by atoms with Gasteiger partial charge in [0.15, 0.2) is 5.78 Å². The summed E-state index contributed by atoms with van der Waals surface area (Å²) in [6, 6.07) is 15.1. The molecule has 39 heavy (non-hydrogen) atoms. The maximum absolute atomic E-state index is 13.8. The zero-order valence-electron chi connectivity index (χ0n) is 22.7. The lowest BCUT2D eigenvalue weighted by atomic mass is 10.0. The van der Waals surface area contributed by atoms with Crippen molar-refractivity contribution in [3.05, 3.63) is 65.0 Å². The molecular weight excluding hydrogens is 512 g/mol. The second kappa shape index (κ2) is 10.8. The van der Waals surface area contributed by atoms with Crippen LogP contribution in [0.5, 0.6) is 0 Å². The summed E-state index contributed by atoms with van der Waals surface area (Å²) in [5.41, 5.74) is 1.44. The van der Waals surface area contributed by atoms with Gasteiger partial charge >= 0.3 is 0 Å². The summed E-state index contributed by atoms with van der Waals surface area (Å²) in [5.74, 6) is -0.735. The van der Waals surface area contributed by atoms with E-state index >= 15 is 0 Å².